The lowest BCUT2D eigenvalue weighted by molar-refractivity contribution is -0.143. The lowest BCUT2D eigenvalue weighted by atomic mass is 9.95. The summed E-state index contributed by atoms with van der Waals surface area (Å²) in [7, 11) is 0. The zero-order valence-electron chi connectivity index (χ0n) is 10.2. The van der Waals surface area contributed by atoms with Crippen LogP contribution in [0.25, 0.3) is 0 Å². The largest absolute Gasteiger partial charge is 0.416 e. The van der Waals surface area contributed by atoms with Crippen molar-refractivity contribution in [2.45, 2.75) is 31.2 Å². The monoisotopic (exact) mass is 301 g/mol. The Labute approximate surface area is 111 Å². The molecule has 0 aromatic heterocycles. The molecule has 0 amide bonds. The van der Waals surface area contributed by atoms with Crippen molar-refractivity contribution in [3.05, 3.63) is 34.9 Å². The standard InChI is InChI=1S/C12H13F6NO/c13-11(14,15)7-3-4-8(10(19)2-1-5-20)9(6-7)12(16,17)18/h3-4,6,10,20H,1-2,5,19H2/t10-/m0/s1. The highest BCUT2D eigenvalue weighted by Crippen LogP contribution is 2.39. The van der Waals surface area contributed by atoms with Gasteiger partial charge in [-0.05, 0) is 30.5 Å². The van der Waals surface area contributed by atoms with Crippen LogP contribution in [0.2, 0.25) is 0 Å². The molecule has 0 spiro atoms. The van der Waals surface area contributed by atoms with Gasteiger partial charge in [-0.2, -0.15) is 26.3 Å². The van der Waals surface area contributed by atoms with E-state index >= 15 is 0 Å². The van der Waals surface area contributed by atoms with E-state index in [4.69, 9.17) is 10.8 Å². The van der Waals surface area contributed by atoms with Gasteiger partial charge in [-0.1, -0.05) is 6.07 Å². The number of alkyl halides is 6. The molecule has 0 saturated heterocycles. The van der Waals surface area contributed by atoms with Gasteiger partial charge in [0.25, 0.3) is 0 Å². The van der Waals surface area contributed by atoms with Crippen LogP contribution in [0.3, 0.4) is 0 Å². The fourth-order valence-corrected chi connectivity index (χ4v) is 1.77. The number of hydrogen-bond acceptors (Lipinski definition) is 2. The first-order valence-corrected chi connectivity index (χ1v) is 5.72. The average Bonchev–Trinajstić information content (AvgIpc) is 2.33. The van der Waals surface area contributed by atoms with E-state index in [-0.39, 0.29) is 25.5 Å². The molecular formula is C12H13F6NO. The zero-order valence-corrected chi connectivity index (χ0v) is 10.2. The van der Waals surface area contributed by atoms with Crippen molar-refractivity contribution < 1.29 is 31.4 Å². The molecule has 0 fully saturated rings. The van der Waals surface area contributed by atoms with Crippen LogP contribution in [0.4, 0.5) is 26.3 Å². The van der Waals surface area contributed by atoms with E-state index < -0.39 is 35.1 Å². The van der Waals surface area contributed by atoms with Crippen molar-refractivity contribution in [1.29, 1.82) is 0 Å². The van der Waals surface area contributed by atoms with Crippen molar-refractivity contribution in [3.63, 3.8) is 0 Å². The SMILES string of the molecule is N[C@@H](CCCO)c1ccc(C(F)(F)F)cc1C(F)(F)F. The molecule has 0 radical (unpaired) electrons. The van der Waals surface area contributed by atoms with Crippen molar-refractivity contribution in [2.75, 3.05) is 6.61 Å². The molecule has 0 unspecified atom stereocenters. The molecule has 1 aromatic rings. The third kappa shape index (κ3) is 4.11. The molecule has 3 N–H and O–H groups in total. The minimum Gasteiger partial charge on any atom is -0.396 e. The molecule has 1 aromatic carbocycles. The number of nitrogens with two attached hydrogens (primary N) is 1. The third-order valence-corrected chi connectivity index (χ3v) is 2.76. The van der Waals surface area contributed by atoms with Gasteiger partial charge in [0.05, 0.1) is 11.1 Å². The molecule has 20 heavy (non-hydrogen) atoms. The number of aliphatic hydroxyl groups is 1. The Bertz CT molecular complexity index is 454. The van der Waals surface area contributed by atoms with Gasteiger partial charge >= 0.3 is 12.4 Å². The van der Waals surface area contributed by atoms with Gasteiger partial charge in [0.1, 0.15) is 0 Å². The van der Waals surface area contributed by atoms with E-state index in [1.807, 2.05) is 0 Å². The van der Waals surface area contributed by atoms with E-state index in [2.05, 4.69) is 0 Å². The molecule has 0 aliphatic rings. The Morgan fingerprint density at radius 1 is 1.05 bits per heavy atom. The van der Waals surface area contributed by atoms with Crippen LogP contribution < -0.4 is 5.73 Å². The minimum atomic E-state index is -4.92. The third-order valence-electron chi connectivity index (χ3n) is 2.76. The molecule has 1 atom stereocenters. The molecule has 114 valence electrons. The Hall–Kier alpha value is -1.28. The maximum atomic E-state index is 12.8. The Balaban J connectivity index is 3.24. The normalized spacial score (nSPS) is 14.4. The van der Waals surface area contributed by atoms with Crippen molar-refractivity contribution in [2.24, 2.45) is 5.73 Å². The van der Waals surface area contributed by atoms with Crippen LogP contribution in [-0.4, -0.2) is 11.7 Å². The highest BCUT2D eigenvalue weighted by atomic mass is 19.4. The summed E-state index contributed by atoms with van der Waals surface area (Å²) in [6.45, 7) is -0.254. The average molecular weight is 301 g/mol. The molecule has 0 aliphatic heterocycles. The molecule has 2 nitrogen and oxygen atoms in total. The zero-order chi connectivity index (χ0) is 15.6. The number of hydrogen-bond donors (Lipinski definition) is 2. The van der Waals surface area contributed by atoms with Crippen LogP contribution in [0.1, 0.15) is 35.6 Å². The Kier molecular flexibility index (Phi) is 5.04. The first kappa shape index (κ1) is 16.8. The molecule has 0 saturated carbocycles. The van der Waals surface area contributed by atoms with Crippen LogP contribution in [0, 0.1) is 0 Å². The predicted octanol–water partition coefficient (Wildman–Crippen LogP) is 3.50. The summed E-state index contributed by atoms with van der Waals surface area (Å²) in [5, 5.41) is 8.62. The molecule has 0 bridgehead atoms. The second kappa shape index (κ2) is 6.01. The second-order valence-electron chi connectivity index (χ2n) is 4.27. The quantitative estimate of drug-likeness (QED) is 0.836. The van der Waals surface area contributed by atoms with Gasteiger partial charge in [-0.15, -0.1) is 0 Å². The van der Waals surface area contributed by atoms with Gasteiger partial charge in [0.2, 0.25) is 0 Å². The van der Waals surface area contributed by atoms with E-state index in [0.717, 1.165) is 6.07 Å². The molecule has 1 rings (SSSR count). The first-order chi connectivity index (χ1) is 9.07. The van der Waals surface area contributed by atoms with E-state index in [0.29, 0.717) is 6.07 Å². The van der Waals surface area contributed by atoms with Gasteiger partial charge in [-0.25, -0.2) is 0 Å². The molecule has 0 heterocycles. The van der Waals surface area contributed by atoms with Gasteiger partial charge in [0, 0.05) is 12.6 Å². The van der Waals surface area contributed by atoms with Gasteiger partial charge in [-0.3, -0.25) is 0 Å². The van der Waals surface area contributed by atoms with E-state index in [1.54, 1.807) is 0 Å². The van der Waals surface area contributed by atoms with Gasteiger partial charge in [0.15, 0.2) is 0 Å². The van der Waals surface area contributed by atoms with E-state index in [9.17, 15) is 26.3 Å². The highest BCUT2D eigenvalue weighted by molar-refractivity contribution is 5.37. The maximum Gasteiger partial charge on any atom is 0.416 e. The summed E-state index contributed by atoms with van der Waals surface area (Å²) in [5.41, 5.74) is 2.38. The lowest BCUT2D eigenvalue weighted by Gasteiger charge is -2.20. The van der Waals surface area contributed by atoms with E-state index in [1.165, 1.54) is 0 Å². The molecular weight excluding hydrogens is 288 g/mol. The summed E-state index contributed by atoms with van der Waals surface area (Å²) < 4.78 is 75.9. The summed E-state index contributed by atoms with van der Waals surface area (Å²) in [6, 6.07) is 0.298. The minimum absolute atomic E-state index is 0.0466. The molecule has 8 heteroatoms. The summed E-state index contributed by atoms with van der Waals surface area (Å²) in [6.07, 6.45) is -9.56. The number of aliphatic hydroxyl groups excluding tert-OH is 1. The number of halogens is 6. The summed E-state index contributed by atoms with van der Waals surface area (Å²) in [4.78, 5) is 0. The molecule has 0 aliphatic carbocycles. The van der Waals surface area contributed by atoms with Crippen molar-refractivity contribution in [3.8, 4) is 0 Å². The van der Waals surface area contributed by atoms with Crippen LogP contribution in [0.5, 0.6) is 0 Å². The first-order valence-electron chi connectivity index (χ1n) is 5.72. The topological polar surface area (TPSA) is 46.2 Å². The van der Waals surface area contributed by atoms with Crippen LogP contribution >= 0.6 is 0 Å². The highest BCUT2D eigenvalue weighted by Gasteiger charge is 2.38. The van der Waals surface area contributed by atoms with Crippen molar-refractivity contribution in [1.82, 2.24) is 0 Å². The maximum absolute atomic E-state index is 12.8. The number of benzene rings is 1. The summed E-state index contributed by atoms with van der Waals surface area (Å²) >= 11 is 0. The fourth-order valence-electron chi connectivity index (χ4n) is 1.77. The Morgan fingerprint density at radius 3 is 2.10 bits per heavy atom. The summed E-state index contributed by atoms with van der Waals surface area (Å²) in [5.74, 6) is 0. The fraction of sp³-hybridized carbons (Fsp3) is 0.500. The smallest absolute Gasteiger partial charge is 0.396 e. The van der Waals surface area contributed by atoms with Crippen LogP contribution in [-0.2, 0) is 12.4 Å². The van der Waals surface area contributed by atoms with Crippen LogP contribution in [0.15, 0.2) is 18.2 Å². The number of rotatable bonds is 4. The Morgan fingerprint density at radius 2 is 1.65 bits per heavy atom. The van der Waals surface area contributed by atoms with Gasteiger partial charge < -0.3 is 10.8 Å². The predicted molar refractivity (Wildman–Crippen MR) is 59.7 cm³/mol. The lowest BCUT2D eigenvalue weighted by Crippen LogP contribution is -2.19. The second-order valence-corrected chi connectivity index (χ2v) is 4.27. The van der Waals surface area contributed by atoms with Crippen molar-refractivity contribution >= 4 is 0 Å².